The molecular weight excluding hydrogens is 288 g/mol. The maximum absolute atomic E-state index is 12.4. The van der Waals surface area contributed by atoms with Crippen LogP contribution in [-0.2, 0) is 4.79 Å². The van der Waals surface area contributed by atoms with Crippen LogP contribution in [0, 0.1) is 5.92 Å². The van der Waals surface area contributed by atoms with Gasteiger partial charge in [0.05, 0.1) is 21.6 Å². The van der Waals surface area contributed by atoms with E-state index in [1.807, 2.05) is 0 Å². The van der Waals surface area contributed by atoms with E-state index in [9.17, 15) is 9.59 Å². The van der Waals surface area contributed by atoms with Gasteiger partial charge in [0.25, 0.3) is 5.91 Å². The number of likely N-dealkylation sites (tertiary alicyclic amines) is 1. The number of amides is 2. The lowest BCUT2D eigenvalue weighted by molar-refractivity contribution is -0.123. The van der Waals surface area contributed by atoms with Crippen molar-refractivity contribution in [1.82, 2.24) is 20.2 Å². The normalized spacial score (nSPS) is 17.9. The van der Waals surface area contributed by atoms with E-state index in [1.54, 1.807) is 22.7 Å². The highest BCUT2D eigenvalue weighted by Gasteiger charge is 2.31. The number of hydrogen-bond acceptors (Lipinski definition) is 5. The molecule has 1 aliphatic heterocycles. The summed E-state index contributed by atoms with van der Waals surface area (Å²) in [5.41, 5.74) is 2.88. The number of fused-ring (bicyclic) bond motifs is 1. The molecule has 0 saturated carbocycles. The molecule has 0 aliphatic carbocycles. The van der Waals surface area contributed by atoms with Crippen molar-refractivity contribution >= 4 is 33.4 Å². The summed E-state index contributed by atoms with van der Waals surface area (Å²) < 4.78 is 0.955. The second-order valence-electron chi connectivity index (χ2n) is 4.84. The lowest BCUT2D eigenvalue weighted by atomic mass is 10.1. The van der Waals surface area contributed by atoms with Gasteiger partial charge < -0.3 is 10.2 Å². The van der Waals surface area contributed by atoms with Gasteiger partial charge in [-0.25, -0.2) is 9.97 Å². The quantitative estimate of drug-likeness (QED) is 0.930. The number of thiazole rings is 1. The minimum atomic E-state index is -0.185. The molecule has 3 heterocycles. The van der Waals surface area contributed by atoms with Crippen LogP contribution in [0.4, 0.5) is 0 Å². The molecule has 2 aromatic rings. The van der Waals surface area contributed by atoms with E-state index in [1.165, 1.54) is 17.5 Å². The Morgan fingerprint density at radius 2 is 2.33 bits per heavy atom. The molecule has 0 spiro atoms. The second-order valence-corrected chi connectivity index (χ2v) is 5.73. The van der Waals surface area contributed by atoms with Crippen molar-refractivity contribution in [2.75, 3.05) is 13.1 Å². The number of nitrogens with one attached hydrogen (secondary N) is 1. The molecule has 2 aromatic heterocycles. The number of rotatable bonds is 3. The summed E-state index contributed by atoms with van der Waals surface area (Å²) in [5.74, 6) is -0.433. The Morgan fingerprint density at radius 1 is 1.48 bits per heavy atom. The van der Waals surface area contributed by atoms with E-state index >= 15 is 0 Å². The van der Waals surface area contributed by atoms with Crippen LogP contribution < -0.4 is 5.32 Å². The Labute approximate surface area is 125 Å². The first-order valence-electron chi connectivity index (χ1n) is 6.59. The number of nitrogens with zero attached hydrogens (tertiary/aromatic N) is 3. The summed E-state index contributed by atoms with van der Waals surface area (Å²) in [6, 6.07) is 1.70. The van der Waals surface area contributed by atoms with Crippen molar-refractivity contribution < 1.29 is 9.59 Å². The van der Waals surface area contributed by atoms with Crippen LogP contribution >= 0.6 is 11.3 Å². The van der Waals surface area contributed by atoms with Crippen LogP contribution in [0.3, 0.4) is 0 Å². The van der Waals surface area contributed by atoms with Crippen LogP contribution in [0.25, 0.3) is 10.2 Å². The molecule has 7 heteroatoms. The van der Waals surface area contributed by atoms with Crippen molar-refractivity contribution in [1.29, 1.82) is 0 Å². The Bertz CT molecular complexity index is 712. The molecule has 0 radical (unpaired) electrons. The molecule has 1 unspecified atom stereocenters. The van der Waals surface area contributed by atoms with Crippen LogP contribution in [0.1, 0.15) is 16.9 Å². The van der Waals surface area contributed by atoms with Gasteiger partial charge in [-0.2, -0.15) is 0 Å². The molecule has 21 heavy (non-hydrogen) atoms. The van der Waals surface area contributed by atoms with Gasteiger partial charge >= 0.3 is 0 Å². The van der Waals surface area contributed by atoms with Crippen LogP contribution in [-0.4, -0.2) is 39.8 Å². The fraction of sp³-hybridized carbons (Fsp3) is 0.286. The topological polar surface area (TPSA) is 75.2 Å². The predicted octanol–water partition coefficient (Wildman–Crippen LogP) is 1.41. The Balaban J connectivity index is 1.73. The van der Waals surface area contributed by atoms with Gasteiger partial charge in [0.1, 0.15) is 5.69 Å². The van der Waals surface area contributed by atoms with Crippen molar-refractivity contribution in [3.05, 3.63) is 36.2 Å². The first kappa shape index (κ1) is 13.7. The van der Waals surface area contributed by atoms with E-state index < -0.39 is 0 Å². The lowest BCUT2D eigenvalue weighted by Gasteiger charge is -2.15. The maximum atomic E-state index is 12.4. The fourth-order valence-electron chi connectivity index (χ4n) is 2.42. The van der Waals surface area contributed by atoms with E-state index in [0.717, 1.165) is 10.2 Å². The van der Waals surface area contributed by atoms with Gasteiger partial charge in [-0.1, -0.05) is 6.58 Å². The predicted molar refractivity (Wildman–Crippen MR) is 79.8 cm³/mol. The fourth-order valence-corrected chi connectivity index (χ4v) is 3.05. The first-order valence-corrected chi connectivity index (χ1v) is 7.47. The summed E-state index contributed by atoms with van der Waals surface area (Å²) in [7, 11) is 0. The third-order valence-electron chi connectivity index (χ3n) is 3.53. The average molecular weight is 302 g/mol. The molecule has 1 fully saturated rings. The SMILES string of the molecule is C=CNC(=O)C1CCN(C(=O)c2cc3ncsc3cn2)C1. The highest BCUT2D eigenvalue weighted by molar-refractivity contribution is 7.16. The van der Waals surface area contributed by atoms with Crippen LogP contribution in [0.15, 0.2) is 30.6 Å². The number of carbonyl (C=O) groups excluding carboxylic acids is 2. The molecule has 2 amide bonds. The van der Waals surface area contributed by atoms with Crippen LogP contribution in [0.2, 0.25) is 0 Å². The summed E-state index contributed by atoms with van der Waals surface area (Å²) in [6.45, 7) is 4.44. The molecule has 108 valence electrons. The zero-order valence-corrected chi connectivity index (χ0v) is 12.1. The van der Waals surface area contributed by atoms with Crippen molar-refractivity contribution in [2.24, 2.45) is 5.92 Å². The molecule has 0 bridgehead atoms. The zero-order chi connectivity index (χ0) is 14.8. The lowest BCUT2D eigenvalue weighted by Crippen LogP contribution is -2.33. The van der Waals surface area contributed by atoms with Crippen molar-refractivity contribution in [2.45, 2.75) is 6.42 Å². The van der Waals surface area contributed by atoms with E-state index in [0.29, 0.717) is 25.2 Å². The molecule has 1 atom stereocenters. The van der Waals surface area contributed by atoms with E-state index in [2.05, 4.69) is 21.9 Å². The molecule has 0 aromatic carbocycles. The van der Waals surface area contributed by atoms with Crippen molar-refractivity contribution in [3.8, 4) is 0 Å². The number of carbonyl (C=O) groups is 2. The smallest absolute Gasteiger partial charge is 0.272 e. The Morgan fingerprint density at radius 3 is 3.14 bits per heavy atom. The highest BCUT2D eigenvalue weighted by atomic mass is 32.1. The minimum absolute atomic E-state index is 0.0942. The standard InChI is InChI=1S/C14H14N4O2S/c1-2-15-13(19)9-3-4-18(7-9)14(20)11-5-10-12(6-16-11)21-8-17-10/h2,5-6,8-9H,1,3-4,7H2,(H,15,19). The average Bonchev–Trinajstić information content (AvgIpc) is 3.15. The van der Waals surface area contributed by atoms with E-state index in [4.69, 9.17) is 0 Å². The second kappa shape index (κ2) is 5.61. The van der Waals surface area contributed by atoms with Crippen LogP contribution in [0.5, 0.6) is 0 Å². The first-order chi connectivity index (χ1) is 10.2. The third kappa shape index (κ3) is 2.64. The molecule has 1 aliphatic rings. The monoisotopic (exact) mass is 302 g/mol. The van der Waals surface area contributed by atoms with Gasteiger partial charge in [-0.15, -0.1) is 11.3 Å². The number of pyridine rings is 1. The van der Waals surface area contributed by atoms with E-state index in [-0.39, 0.29) is 17.7 Å². The highest BCUT2D eigenvalue weighted by Crippen LogP contribution is 2.21. The Hall–Kier alpha value is -2.28. The minimum Gasteiger partial charge on any atom is -0.336 e. The van der Waals surface area contributed by atoms with Gasteiger partial charge in [-0.05, 0) is 18.7 Å². The summed E-state index contributed by atoms with van der Waals surface area (Å²) >= 11 is 1.49. The van der Waals surface area contributed by atoms with Gasteiger partial charge in [0.15, 0.2) is 0 Å². The number of aromatic nitrogens is 2. The van der Waals surface area contributed by atoms with Gasteiger partial charge in [0.2, 0.25) is 5.91 Å². The van der Waals surface area contributed by atoms with Gasteiger partial charge in [-0.3, -0.25) is 9.59 Å². The maximum Gasteiger partial charge on any atom is 0.272 e. The molecule has 1 saturated heterocycles. The molecular formula is C14H14N4O2S. The Kier molecular flexibility index (Phi) is 3.66. The number of hydrogen-bond donors (Lipinski definition) is 1. The summed E-state index contributed by atoms with van der Waals surface area (Å²) in [6.07, 6.45) is 3.69. The molecule has 6 nitrogen and oxygen atoms in total. The van der Waals surface area contributed by atoms with Gasteiger partial charge in [0, 0.05) is 19.3 Å². The third-order valence-corrected chi connectivity index (χ3v) is 4.31. The zero-order valence-electron chi connectivity index (χ0n) is 11.3. The largest absolute Gasteiger partial charge is 0.336 e. The summed E-state index contributed by atoms with van der Waals surface area (Å²) in [5, 5.41) is 2.57. The molecule has 3 rings (SSSR count). The summed E-state index contributed by atoms with van der Waals surface area (Å²) in [4.78, 5) is 34.2. The molecule has 1 N–H and O–H groups in total. The van der Waals surface area contributed by atoms with Crippen molar-refractivity contribution in [3.63, 3.8) is 0 Å².